The predicted molar refractivity (Wildman–Crippen MR) is 74.0 cm³/mol. The Morgan fingerprint density at radius 1 is 1.31 bits per heavy atom. The Hall–Kier alpha value is -0.340. The van der Waals surface area contributed by atoms with Gasteiger partial charge in [-0.05, 0) is 30.3 Å². The Labute approximate surface area is 104 Å². The average molecular weight is 239 g/mol. The van der Waals surface area contributed by atoms with Crippen molar-refractivity contribution in [1.82, 2.24) is 5.32 Å². The highest BCUT2D eigenvalue weighted by Crippen LogP contribution is 2.31. The molecule has 1 aromatic rings. The molecular weight excluding hydrogens is 214 g/mol. The number of nitrogens with one attached hydrogen (secondary N) is 1. The summed E-state index contributed by atoms with van der Waals surface area (Å²) in [4.78, 5) is 1.50. The number of hydrogen-bond donors (Lipinski definition) is 1. The van der Waals surface area contributed by atoms with E-state index in [1.54, 1.807) is 0 Å². The van der Waals surface area contributed by atoms with E-state index in [0.29, 0.717) is 6.04 Å². The molecule has 0 aliphatic heterocycles. The molecule has 0 bridgehead atoms. The normalized spacial score (nSPS) is 14.9. The Balaban J connectivity index is 2.66. The van der Waals surface area contributed by atoms with Gasteiger partial charge in [-0.2, -0.15) is 0 Å². The van der Waals surface area contributed by atoms with Crippen LogP contribution in [0.2, 0.25) is 0 Å². The highest BCUT2D eigenvalue weighted by atomic mass is 32.1. The van der Waals surface area contributed by atoms with Gasteiger partial charge in [0.1, 0.15) is 0 Å². The van der Waals surface area contributed by atoms with Gasteiger partial charge < -0.3 is 5.32 Å². The Morgan fingerprint density at radius 2 is 2.12 bits per heavy atom. The first-order valence-corrected chi connectivity index (χ1v) is 7.48. The van der Waals surface area contributed by atoms with E-state index in [0.717, 1.165) is 12.5 Å². The largest absolute Gasteiger partial charge is 0.309 e. The molecular formula is C14H25NS. The molecule has 1 aromatic heterocycles. The van der Waals surface area contributed by atoms with Gasteiger partial charge in [-0.15, -0.1) is 11.3 Å². The molecule has 0 saturated carbocycles. The molecule has 2 atom stereocenters. The van der Waals surface area contributed by atoms with Gasteiger partial charge in [-0.25, -0.2) is 0 Å². The molecule has 0 aliphatic carbocycles. The fourth-order valence-electron chi connectivity index (χ4n) is 2.26. The summed E-state index contributed by atoms with van der Waals surface area (Å²) in [6, 6.07) is 5.00. The van der Waals surface area contributed by atoms with Crippen molar-refractivity contribution in [3.05, 3.63) is 22.4 Å². The van der Waals surface area contributed by atoms with Gasteiger partial charge in [-0.1, -0.05) is 46.1 Å². The van der Waals surface area contributed by atoms with Gasteiger partial charge >= 0.3 is 0 Å². The van der Waals surface area contributed by atoms with Gasteiger partial charge in [0.15, 0.2) is 0 Å². The van der Waals surface area contributed by atoms with E-state index in [1.807, 2.05) is 11.3 Å². The second-order valence-electron chi connectivity index (χ2n) is 4.36. The minimum Gasteiger partial charge on any atom is -0.309 e. The summed E-state index contributed by atoms with van der Waals surface area (Å²) < 4.78 is 0. The lowest BCUT2D eigenvalue weighted by Gasteiger charge is -2.26. The van der Waals surface area contributed by atoms with Crippen molar-refractivity contribution >= 4 is 11.3 Å². The lowest BCUT2D eigenvalue weighted by molar-refractivity contribution is 0.332. The van der Waals surface area contributed by atoms with Gasteiger partial charge in [0.05, 0.1) is 0 Å². The maximum absolute atomic E-state index is 3.66. The van der Waals surface area contributed by atoms with Crippen LogP contribution >= 0.6 is 11.3 Å². The molecule has 92 valence electrons. The van der Waals surface area contributed by atoms with Crippen molar-refractivity contribution < 1.29 is 0 Å². The van der Waals surface area contributed by atoms with E-state index in [4.69, 9.17) is 0 Å². The highest BCUT2D eigenvalue weighted by molar-refractivity contribution is 7.10. The zero-order valence-corrected chi connectivity index (χ0v) is 11.6. The summed E-state index contributed by atoms with van der Waals surface area (Å²) in [6.45, 7) is 7.86. The molecule has 2 heteroatoms. The lowest BCUT2D eigenvalue weighted by Crippen LogP contribution is -2.27. The maximum atomic E-state index is 3.66. The molecule has 1 heterocycles. The molecule has 1 nitrogen and oxygen atoms in total. The van der Waals surface area contributed by atoms with Gasteiger partial charge in [0.2, 0.25) is 0 Å². The van der Waals surface area contributed by atoms with Crippen LogP contribution in [0.25, 0.3) is 0 Å². The van der Waals surface area contributed by atoms with Crippen molar-refractivity contribution in [3.8, 4) is 0 Å². The second-order valence-corrected chi connectivity index (χ2v) is 5.34. The molecule has 0 amide bonds. The van der Waals surface area contributed by atoms with Crippen LogP contribution in [-0.4, -0.2) is 6.54 Å². The van der Waals surface area contributed by atoms with E-state index in [9.17, 15) is 0 Å². The minimum atomic E-state index is 0.571. The van der Waals surface area contributed by atoms with Crippen LogP contribution in [0.1, 0.15) is 57.4 Å². The van der Waals surface area contributed by atoms with Crippen LogP contribution in [0, 0.1) is 5.92 Å². The van der Waals surface area contributed by atoms with E-state index < -0.39 is 0 Å². The van der Waals surface area contributed by atoms with Gasteiger partial charge in [0.25, 0.3) is 0 Å². The van der Waals surface area contributed by atoms with Gasteiger partial charge in [-0.3, -0.25) is 0 Å². The first kappa shape index (κ1) is 13.7. The molecule has 0 spiro atoms. The minimum absolute atomic E-state index is 0.571. The quantitative estimate of drug-likeness (QED) is 0.698. The van der Waals surface area contributed by atoms with Crippen LogP contribution in [0.5, 0.6) is 0 Å². The SMILES string of the molecule is CCCCC(CC)C(NCC)c1cccs1. The molecule has 0 radical (unpaired) electrons. The third kappa shape index (κ3) is 3.91. The summed E-state index contributed by atoms with van der Waals surface area (Å²) in [5.74, 6) is 0.790. The molecule has 1 N–H and O–H groups in total. The van der Waals surface area contributed by atoms with E-state index in [2.05, 4.69) is 43.6 Å². The van der Waals surface area contributed by atoms with Crippen LogP contribution in [0.4, 0.5) is 0 Å². The lowest BCUT2D eigenvalue weighted by atomic mass is 9.90. The number of hydrogen-bond acceptors (Lipinski definition) is 2. The third-order valence-corrected chi connectivity index (χ3v) is 4.15. The molecule has 0 aliphatic rings. The molecule has 0 aromatic carbocycles. The van der Waals surface area contributed by atoms with Crippen LogP contribution < -0.4 is 5.32 Å². The fourth-order valence-corrected chi connectivity index (χ4v) is 3.15. The second kappa shape index (κ2) is 7.86. The van der Waals surface area contributed by atoms with E-state index in [-0.39, 0.29) is 0 Å². The standard InChI is InChI=1S/C14H25NS/c1-4-7-9-12(5-2)14(15-6-3)13-10-8-11-16-13/h8,10-12,14-15H,4-7,9H2,1-3H3. The average Bonchev–Trinajstić information content (AvgIpc) is 2.82. The summed E-state index contributed by atoms with van der Waals surface area (Å²) >= 11 is 1.89. The monoisotopic (exact) mass is 239 g/mol. The van der Waals surface area contributed by atoms with Crippen molar-refractivity contribution in [2.75, 3.05) is 6.54 Å². The Morgan fingerprint density at radius 3 is 2.62 bits per heavy atom. The predicted octanol–water partition coefficient (Wildman–Crippen LogP) is 4.62. The Kier molecular flexibility index (Phi) is 6.74. The van der Waals surface area contributed by atoms with Crippen molar-refractivity contribution in [1.29, 1.82) is 0 Å². The van der Waals surface area contributed by atoms with E-state index >= 15 is 0 Å². The van der Waals surface area contributed by atoms with Crippen LogP contribution in [0.3, 0.4) is 0 Å². The van der Waals surface area contributed by atoms with Crippen LogP contribution in [0.15, 0.2) is 17.5 Å². The maximum Gasteiger partial charge on any atom is 0.0443 e. The Bertz CT molecular complexity index is 256. The van der Waals surface area contributed by atoms with Crippen LogP contribution in [-0.2, 0) is 0 Å². The number of thiophene rings is 1. The summed E-state index contributed by atoms with van der Waals surface area (Å²) in [5.41, 5.74) is 0. The van der Waals surface area contributed by atoms with Crippen molar-refractivity contribution in [3.63, 3.8) is 0 Å². The summed E-state index contributed by atoms with van der Waals surface area (Å²) in [7, 11) is 0. The van der Waals surface area contributed by atoms with E-state index in [1.165, 1.54) is 30.6 Å². The number of unbranched alkanes of at least 4 members (excludes halogenated alkanes) is 1. The first-order valence-electron chi connectivity index (χ1n) is 6.60. The highest BCUT2D eigenvalue weighted by Gasteiger charge is 2.20. The summed E-state index contributed by atoms with van der Waals surface area (Å²) in [6.07, 6.45) is 5.28. The third-order valence-electron chi connectivity index (χ3n) is 3.20. The number of rotatable bonds is 8. The molecule has 0 saturated heterocycles. The zero-order valence-electron chi connectivity index (χ0n) is 10.8. The molecule has 0 fully saturated rings. The molecule has 2 unspecified atom stereocenters. The molecule has 1 rings (SSSR count). The zero-order chi connectivity index (χ0) is 11.8. The smallest absolute Gasteiger partial charge is 0.0443 e. The van der Waals surface area contributed by atoms with Gasteiger partial charge in [0, 0.05) is 10.9 Å². The fraction of sp³-hybridized carbons (Fsp3) is 0.714. The first-order chi connectivity index (χ1) is 7.83. The van der Waals surface area contributed by atoms with Crippen molar-refractivity contribution in [2.45, 2.75) is 52.5 Å². The van der Waals surface area contributed by atoms with Crippen molar-refractivity contribution in [2.24, 2.45) is 5.92 Å². The molecule has 16 heavy (non-hydrogen) atoms. The summed E-state index contributed by atoms with van der Waals surface area (Å²) in [5, 5.41) is 5.84. The topological polar surface area (TPSA) is 12.0 Å².